The van der Waals surface area contributed by atoms with Gasteiger partial charge in [-0.1, -0.05) is 12.1 Å². The van der Waals surface area contributed by atoms with Crippen LogP contribution in [-0.2, 0) is 6.54 Å². The molecule has 1 amide bonds. The molecule has 20 heavy (non-hydrogen) atoms. The Bertz CT molecular complexity index is 633. The Morgan fingerprint density at radius 1 is 1.20 bits per heavy atom. The first-order valence-corrected chi connectivity index (χ1v) is 6.37. The summed E-state index contributed by atoms with van der Waals surface area (Å²) in [4.78, 5) is 12.2. The Labute approximate surface area is 117 Å². The number of carbonyl (C=O) groups excluding carboxylic acids is 1. The van der Waals surface area contributed by atoms with Gasteiger partial charge in [0.1, 0.15) is 5.82 Å². The molecule has 0 aliphatic rings. The third kappa shape index (κ3) is 3.22. The van der Waals surface area contributed by atoms with Gasteiger partial charge in [0.05, 0.1) is 0 Å². The van der Waals surface area contributed by atoms with Crippen LogP contribution in [0.2, 0.25) is 0 Å². The number of benzene rings is 2. The zero-order chi connectivity index (χ0) is 14.7. The Morgan fingerprint density at radius 3 is 2.60 bits per heavy atom. The van der Waals surface area contributed by atoms with Gasteiger partial charge in [-0.15, -0.1) is 0 Å². The molecule has 3 nitrogen and oxygen atoms in total. The minimum atomic E-state index is -0.414. The molecule has 0 fully saturated rings. The second-order valence-corrected chi connectivity index (χ2v) is 4.82. The van der Waals surface area contributed by atoms with Gasteiger partial charge in [-0.25, -0.2) is 4.39 Å². The van der Waals surface area contributed by atoms with E-state index in [9.17, 15) is 9.18 Å². The third-order valence-corrected chi connectivity index (χ3v) is 3.09. The number of aryl methyl sites for hydroxylation is 2. The van der Waals surface area contributed by atoms with Crippen molar-refractivity contribution >= 4 is 11.6 Å². The van der Waals surface area contributed by atoms with Crippen molar-refractivity contribution in [3.8, 4) is 0 Å². The zero-order valence-electron chi connectivity index (χ0n) is 11.5. The van der Waals surface area contributed by atoms with Crippen LogP contribution in [0.3, 0.4) is 0 Å². The fraction of sp³-hybridized carbons (Fsp3) is 0.188. The monoisotopic (exact) mass is 272 g/mol. The summed E-state index contributed by atoms with van der Waals surface area (Å²) in [5, 5.41) is 2.79. The van der Waals surface area contributed by atoms with Gasteiger partial charge in [-0.05, 0) is 54.8 Å². The van der Waals surface area contributed by atoms with Crippen molar-refractivity contribution in [1.29, 1.82) is 0 Å². The van der Waals surface area contributed by atoms with Crippen LogP contribution in [0.4, 0.5) is 10.1 Å². The third-order valence-electron chi connectivity index (χ3n) is 3.09. The highest BCUT2D eigenvalue weighted by Crippen LogP contribution is 2.18. The van der Waals surface area contributed by atoms with Crippen LogP contribution in [0, 0.1) is 19.7 Å². The SMILES string of the molecule is Cc1cc(F)cc(C(=O)Nc2cc(CN)ccc2C)c1. The Kier molecular flexibility index (Phi) is 4.15. The maximum Gasteiger partial charge on any atom is 0.255 e. The quantitative estimate of drug-likeness (QED) is 0.901. The Morgan fingerprint density at radius 2 is 1.95 bits per heavy atom. The molecular formula is C16H17FN2O. The van der Waals surface area contributed by atoms with Gasteiger partial charge in [0.25, 0.3) is 5.91 Å². The summed E-state index contributed by atoms with van der Waals surface area (Å²) in [5.41, 5.74) is 9.16. The van der Waals surface area contributed by atoms with E-state index in [0.29, 0.717) is 23.4 Å². The summed E-state index contributed by atoms with van der Waals surface area (Å²) in [6, 6.07) is 9.91. The highest BCUT2D eigenvalue weighted by Gasteiger charge is 2.10. The molecule has 0 saturated carbocycles. The van der Waals surface area contributed by atoms with Gasteiger partial charge in [-0.3, -0.25) is 4.79 Å². The molecule has 0 aromatic heterocycles. The molecule has 0 saturated heterocycles. The summed E-state index contributed by atoms with van der Waals surface area (Å²) in [7, 11) is 0. The number of anilines is 1. The number of halogens is 1. The molecule has 0 bridgehead atoms. The molecule has 0 aliphatic carbocycles. The number of hydrogen-bond acceptors (Lipinski definition) is 2. The molecule has 4 heteroatoms. The van der Waals surface area contributed by atoms with Crippen LogP contribution < -0.4 is 11.1 Å². The van der Waals surface area contributed by atoms with Crippen molar-refractivity contribution in [1.82, 2.24) is 0 Å². The normalized spacial score (nSPS) is 10.4. The number of hydrogen-bond donors (Lipinski definition) is 2. The van der Waals surface area contributed by atoms with Crippen LogP contribution in [0.5, 0.6) is 0 Å². The van der Waals surface area contributed by atoms with Gasteiger partial charge in [0, 0.05) is 17.8 Å². The minimum Gasteiger partial charge on any atom is -0.326 e. The van der Waals surface area contributed by atoms with E-state index in [1.54, 1.807) is 13.0 Å². The summed E-state index contributed by atoms with van der Waals surface area (Å²) in [6.45, 7) is 4.05. The number of rotatable bonds is 3. The molecule has 2 aromatic carbocycles. The summed E-state index contributed by atoms with van der Waals surface area (Å²) >= 11 is 0. The first-order chi connectivity index (χ1) is 9.49. The molecule has 0 unspecified atom stereocenters. The first kappa shape index (κ1) is 14.2. The summed E-state index contributed by atoms with van der Waals surface area (Å²) in [5.74, 6) is -0.743. The van der Waals surface area contributed by atoms with E-state index in [1.807, 2.05) is 25.1 Å². The Balaban J connectivity index is 2.27. The lowest BCUT2D eigenvalue weighted by Crippen LogP contribution is -2.13. The van der Waals surface area contributed by atoms with Crippen LogP contribution >= 0.6 is 0 Å². The fourth-order valence-corrected chi connectivity index (χ4v) is 1.99. The number of nitrogens with one attached hydrogen (secondary N) is 1. The minimum absolute atomic E-state index is 0.306. The van der Waals surface area contributed by atoms with Gasteiger partial charge in [0.2, 0.25) is 0 Å². The number of carbonyl (C=O) groups is 1. The van der Waals surface area contributed by atoms with Crippen molar-refractivity contribution in [2.45, 2.75) is 20.4 Å². The first-order valence-electron chi connectivity index (χ1n) is 6.37. The molecule has 0 atom stereocenters. The Hall–Kier alpha value is -2.20. The summed E-state index contributed by atoms with van der Waals surface area (Å²) in [6.07, 6.45) is 0. The lowest BCUT2D eigenvalue weighted by atomic mass is 10.1. The van der Waals surface area contributed by atoms with Gasteiger partial charge < -0.3 is 11.1 Å². The summed E-state index contributed by atoms with van der Waals surface area (Å²) < 4.78 is 13.3. The maximum absolute atomic E-state index is 13.3. The molecule has 0 heterocycles. The molecule has 0 aliphatic heterocycles. The second kappa shape index (κ2) is 5.84. The van der Waals surface area contributed by atoms with E-state index in [-0.39, 0.29) is 5.91 Å². The fourth-order valence-electron chi connectivity index (χ4n) is 1.99. The van der Waals surface area contributed by atoms with Crippen LogP contribution in [-0.4, -0.2) is 5.91 Å². The average Bonchev–Trinajstić information content (AvgIpc) is 2.40. The van der Waals surface area contributed by atoms with E-state index in [0.717, 1.165) is 11.1 Å². The van der Waals surface area contributed by atoms with E-state index in [4.69, 9.17) is 5.73 Å². The standard InChI is InChI=1S/C16H17FN2O/c1-10-5-13(8-14(17)6-10)16(20)19-15-7-12(9-18)4-3-11(15)2/h3-8H,9,18H2,1-2H3,(H,19,20). The van der Waals surface area contributed by atoms with Crippen molar-refractivity contribution in [3.63, 3.8) is 0 Å². The van der Waals surface area contributed by atoms with E-state index in [2.05, 4.69) is 5.32 Å². The molecule has 2 rings (SSSR count). The van der Waals surface area contributed by atoms with Gasteiger partial charge in [-0.2, -0.15) is 0 Å². The van der Waals surface area contributed by atoms with Crippen molar-refractivity contribution in [3.05, 3.63) is 64.5 Å². The highest BCUT2D eigenvalue weighted by molar-refractivity contribution is 6.04. The topological polar surface area (TPSA) is 55.1 Å². The molecule has 2 aromatic rings. The zero-order valence-corrected chi connectivity index (χ0v) is 11.5. The van der Waals surface area contributed by atoms with Crippen molar-refractivity contribution < 1.29 is 9.18 Å². The lowest BCUT2D eigenvalue weighted by molar-refractivity contribution is 0.102. The average molecular weight is 272 g/mol. The largest absolute Gasteiger partial charge is 0.326 e. The number of nitrogens with two attached hydrogens (primary N) is 1. The van der Waals surface area contributed by atoms with Gasteiger partial charge >= 0.3 is 0 Å². The van der Waals surface area contributed by atoms with E-state index >= 15 is 0 Å². The van der Waals surface area contributed by atoms with Crippen molar-refractivity contribution in [2.24, 2.45) is 5.73 Å². The van der Waals surface area contributed by atoms with E-state index < -0.39 is 5.82 Å². The van der Waals surface area contributed by atoms with Crippen LogP contribution in [0.15, 0.2) is 36.4 Å². The molecule has 104 valence electrons. The lowest BCUT2D eigenvalue weighted by Gasteiger charge is -2.10. The maximum atomic E-state index is 13.3. The molecule has 0 radical (unpaired) electrons. The highest BCUT2D eigenvalue weighted by atomic mass is 19.1. The molecular weight excluding hydrogens is 255 g/mol. The van der Waals surface area contributed by atoms with Crippen LogP contribution in [0.1, 0.15) is 27.0 Å². The van der Waals surface area contributed by atoms with Crippen molar-refractivity contribution in [2.75, 3.05) is 5.32 Å². The second-order valence-electron chi connectivity index (χ2n) is 4.82. The predicted octanol–water partition coefficient (Wildman–Crippen LogP) is 3.15. The molecule has 0 spiro atoms. The van der Waals surface area contributed by atoms with E-state index in [1.165, 1.54) is 12.1 Å². The van der Waals surface area contributed by atoms with Gasteiger partial charge in [0.15, 0.2) is 0 Å². The smallest absolute Gasteiger partial charge is 0.255 e. The van der Waals surface area contributed by atoms with Crippen LogP contribution in [0.25, 0.3) is 0 Å². The number of amides is 1. The predicted molar refractivity (Wildman–Crippen MR) is 78.2 cm³/mol. The molecule has 3 N–H and O–H groups in total.